The highest BCUT2D eigenvalue weighted by molar-refractivity contribution is 9.10. The smallest absolute Gasteiger partial charge is 0.470 e. The second-order valence-electron chi connectivity index (χ2n) is 10.9. The number of benzene rings is 1. The lowest BCUT2D eigenvalue weighted by Gasteiger charge is -2.27. The summed E-state index contributed by atoms with van der Waals surface area (Å²) in [5.41, 5.74) is 1.81. The molecule has 236 valence electrons. The number of aliphatic imine (C=N–C) groups is 1. The van der Waals surface area contributed by atoms with E-state index in [1.54, 1.807) is 12.4 Å². The highest BCUT2D eigenvalue weighted by atomic mass is 79.9. The van der Waals surface area contributed by atoms with Gasteiger partial charge in [-0.1, -0.05) is 0 Å². The first-order chi connectivity index (χ1) is 21.2. The van der Waals surface area contributed by atoms with Gasteiger partial charge in [-0.2, -0.15) is 4.37 Å². The summed E-state index contributed by atoms with van der Waals surface area (Å²) in [5, 5.41) is 6.47. The van der Waals surface area contributed by atoms with Crippen LogP contribution in [0.5, 0.6) is 5.88 Å². The number of hydrogen-bond donors (Lipinski definition) is 2. The van der Waals surface area contributed by atoms with Crippen molar-refractivity contribution in [1.29, 1.82) is 0 Å². The first-order valence-corrected chi connectivity index (χ1v) is 15.6. The van der Waals surface area contributed by atoms with Crippen molar-refractivity contribution in [3.63, 3.8) is 0 Å². The summed E-state index contributed by atoms with van der Waals surface area (Å²) in [7, 11) is 0. The van der Waals surface area contributed by atoms with Crippen LogP contribution in [0.25, 0.3) is 11.0 Å². The van der Waals surface area contributed by atoms with Gasteiger partial charge >= 0.3 is 6.16 Å². The maximum Gasteiger partial charge on any atom is 0.509 e. The topological polar surface area (TPSA) is 166 Å². The van der Waals surface area contributed by atoms with Crippen LogP contribution in [-0.2, 0) is 19.0 Å². The Morgan fingerprint density at radius 2 is 1.93 bits per heavy atom. The van der Waals surface area contributed by atoms with Crippen LogP contribution in [-0.4, -0.2) is 112 Å². The predicted molar refractivity (Wildman–Crippen MR) is 167 cm³/mol. The molecule has 2 aliphatic heterocycles. The number of carbonyl (C=O) groups excluding carboxylic acids is 2. The van der Waals surface area contributed by atoms with E-state index in [9.17, 15) is 9.59 Å². The van der Waals surface area contributed by atoms with E-state index < -0.39 is 24.8 Å². The number of carbonyl (C=O) groups is 2. The molecule has 15 nitrogen and oxygen atoms in total. The molecule has 2 N–H and O–H groups in total. The molecule has 4 heterocycles. The number of ether oxygens (including phenoxy) is 4. The van der Waals surface area contributed by atoms with Crippen LogP contribution in [0.1, 0.15) is 20.8 Å². The van der Waals surface area contributed by atoms with Crippen LogP contribution >= 0.6 is 27.7 Å². The second-order valence-corrected chi connectivity index (χ2v) is 12.3. The van der Waals surface area contributed by atoms with Crippen LogP contribution in [0.15, 0.2) is 34.0 Å². The summed E-state index contributed by atoms with van der Waals surface area (Å²) in [6, 6.07) is 3.64. The molecule has 2 aliphatic rings. The third-order valence-corrected chi connectivity index (χ3v) is 7.87. The summed E-state index contributed by atoms with van der Waals surface area (Å²) in [6.07, 6.45) is 1.50. The minimum absolute atomic E-state index is 0.00669. The van der Waals surface area contributed by atoms with Crippen LogP contribution in [0.2, 0.25) is 0 Å². The Bertz CT molecular complexity index is 1490. The Hall–Kier alpha value is -3.67. The molecule has 1 fully saturated rings. The average Bonchev–Trinajstić information content (AvgIpc) is 3.69. The zero-order valence-corrected chi connectivity index (χ0v) is 27.0. The SMILES string of the molecule is CC(C)(C)NC[C@@H](COc1nsnc1N1CCOCC1)OC(=O)OCC(=O)N1CCN=C1Nc1ccc2nccnc2c1Br. The van der Waals surface area contributed by atoms with Crippen molar-refractivity contribution in [1.82, 2.24) is 28.9 Å². The Labute approximate surface area is 266 Å². The van der Waals surface area contributed by atoms with Crippen molar-refractivity contribution in [3.05, 3.63) is 29.0 Å². The summed E-state index contributed by atoms with van der Waals surface area (Å²) in [6.45, 7) is 9.05. The zero-order valence-electron chi connectivity index (χ0n) is 24.6. The van der Waals surface area contributed by atoms with E-state index in [1.165, 1.54) is 4.90 Å². The maximum absolute atomic E-state index is 13.0. The number of fused-ring (bicyclic) bond motifs is 1. The third kappa shape index (κ3) is 8.28. The summed E-state index contributed by atoms with van der Waals surface area (Å²) >= 11 is 4.60. The highest BCUT2D eigenvalue weighted by Crippen LogP contribution is 2.30. The molecule has 0 spiro atoms. The standard InChI is InChI=1S/C27H34BrN9O6S/c1-27(2,3)32-14-17(15-41-24-23(34-44-35-24)36-10-12-40-13-11-36)43-26(39)42-16-20(38)37-9-8-31-25(37)33-18-4-5-19-22(21(18)28)30-7-6-29-19/h4-7,17,32H,8-16H2,1-3H3,(H,31,33)/t17-/m0/s1. The number of halogens is 1. The highest BCUT2D eigenvalue weighted by Gasteiger charge is 2.28. The van der Waals surface area contributed by atoms with Crippen LogP contribution in [0.3, 0.4) is 0 Å². The Morgan fingerprint density at radius 1 is 1.14 bits per heavy atom. The van der Waals surface area contributed by atoms with Crippen molar-refractivity contribution in [3.8, 4) is 5.88 Å². The van der Waals surface area contributed by atoms with Gasteiger partial charge in [0.2, 0.25) is 11.8 Å². The lowest BCUT2D eigenvalue weighted by molar-refractivity contribution is -0.131. The Morgan fingerprint density at radius 3 is 2.73 bits per heavy atom. The van der Waals surface area contributed by atoms with Crippen molar-refractivity contribution in [2.24, 2.45) is 4.99 Å². The summed E-state index contributed by atoms with van der Waals surface area (Å²) < 4.78 is 31.5. The minimum Gasteiger partial charge on any atom is -0.470 e. The van der Waals surface area contributed by atoms with Crippen molar-refractivity contribution < 1.29 is 28.5 Å². The first kappa shape index (κ1) is 31.7. The number of amides is 1. The van der Waals surface area contributed by atoms with Crippen LogP contribution < -0.4 is 20.3 Å². The van der Waals surface area contributed by atoms with E-state index in [0.29, 0.717) is 72.7 Å². The van der Waals surface area contributed by atoms with Gasteiger partial charge in [0, 0.05) is 44.1 Å². The minimum atomic E-state index is -0.992. The number of nitrogens with one attached hydrogen (secondary N) is 2. The first-order valence-electron chi connectivity index (χ1n) is 14.1. The average molecular weight is 693 g/mol. The lowest BCUT2D eigenvalue weighted by Crippen LogP contribution is -2.45. The molecule has 1 aromatic carbocycles. The molecule has 0 radical (unpaired) electrons. The van der Waals surface area contributed by atoms with Crippen molar-refractivity contribution in [2.75, 3.05) is 69.4 Å². The van der Waals surface area contributed by atoms with E-state index in [4.69, 9.17) is 18.9 Å². The molecule has 2 aromatic heterocycles. The molecule has 0 unspecified atom stereocenters. The molecule has 0 saturated carbocycles. The van der Waals surface area contributed by atoms with Gasteiger partial charge in [-0.15, -0.1) is 4.37 Å². The third-order valence-electron chi connectivity index (χ3n) is 6.56. The number of aromatic nitrogens is 4. The lowest BCUT2D eigenvalue weighted by atomic mass is 10.1. The van der Waals surface area contributed by atoms with Crippen LogP contribution in [0.4, 0.5) is 16.3 Å². The molecule has 44 heavy (non-hydrogen) atoms. The van der Waals surface area contributed by atoms with E-state index in [2.05, 4.69) is 50.3 Å². The number of guanidine groups is 1. The van der Waals surface area contributed by atoms with E-state index in [0.717, 1.165) is 17.2 Å². The summed E-state index contributed by atoms with van der Waals surface area (Å²) in [5.74, 6) is 0.883. The monoisotopic (exact) mass is 691 g/mol. The molecule has 1 saturated heterocycles. The Kier molecular flexibility index (Phi) is 10.4. The van der Waals surface area contributed by atoms with Gasteiger partial charge in [0.05, 0.1) is 47.2 Å². The van der Waals surface area contributed by atoms with Gasteiger partial charge in [0.1, 0.15) is 12.1 Å². The molecule has 1 amide bonds. The molecule has 0 aliphatic carbocycles. The molecule has 5 rings (SSSR count). The van der Waals surface area contributed by atoms with E-state index in [-0.39, 0.29) is 18.7 Å². The van der Waals surface area contributed by atoms with E-state index >= 15 is 0 Å². The molecular weight excluding hydrogens is 658 g/mol. The fourth-order valence-electron chi connectivity index (χ4n) is 4.35. The van der Waals surface area contributed by atoms with Gasteiger partial charge in [0.15, 0.2) is 12.7 Å². The maximum atomic E-state index is 13.0. The largest absolute Gasteiger partial charge is 0.509 e. The number of rotatable bonds is 10. The van der Waals surface area contributed by atoms with Gasteiger partial charge in [-0.05, 0) is 48.8 Å². The van der Waals surface area contributed by atoms with Gasteiger partial charge in [-0.25, -0.2) is 4.79 Å². The quantitative estimate of drug-likeness (QED) is 0.298. The zero-order chi connectivity index (χ0) is 31.1. The molecule has 0 bridgehead atoms. The number of hydrogen-bond acceptors (Lipinski definition) is 15. The van der Waals surface area contributed by atoms with Gasteiger partial charge < -0.3 is 34.5 Å². The number of nitrogens with zero attached hydrogens (tertiary/aromatic N) is 7. The number of morpholine rings is 1. The van der Waals surface area contributed by atoms with E-state index in [1.807, 2.05) is 37.8 Å². The fourth-order valence-corrected chi connectivity index (χ4v) is 5.40. The predicted octanol–water partition coefficient (Wildman–Crippen LogP) is 2.68. The fraction of sp³-hybridized carbons (Fsp3) is 0.519. The van der Waals surface area contributed by atoms with Crippen molar-refractivity contribution >= 4 is 68.2 Å². The van der Waals surface area contributed by atoms with Gasteiger partial charge in [-0.3, -0.25) is 24.7 Å². The molecule has 17 heteroatoms. The normalized spacial score (nSPS) is 16.0. The summed E-state index contributed by atoms with van der Waals surface area (Å²) in [4.78, 5) is 42.3. The van der Waals surface area contributed by atoms with Gasteiger partial charge in [0.25, 0.3) is 11.8 Å². The van der Waals surface area contributed by atoms with Crippen molar-refractivity contribution in [2.45, 2.75) is 32.4 Å². The second kappa shape index (κ2) is 14.4. The molecule has 1 atom stereocenters. The van der Waals surface area contributed by atoms with Crippen LogP contribution in [0, 0.1) is 0 Å². The Balaban J connectivity index is 1.15. The molecular formula is C27H34BrN9O6S. The molecule has 3 aromatic rings. The number of anilines is 2.